The van der Waals surface area contributed by atoms with E-state index in [4.69, 9.17) is 4.74 Å². The quantitative estimate of drug-likeness (QED) is 0.779. The standard InChI is InChI=1S/C17H16F6N4O/c18-16(19,20)11-3-4-13(24-6-11)27-7-9-1-2-10(8-27)15(9)28-14-5-12(25-26-14)17(21,22)23/h3-6,9-10,15H,1-2,7-8H2,(H,25,26)/t9-,10+,15?. The number of piperidine rings is 1. The van der Waals surface area contributed by atoms with Crippen LogP contribution in [0.4, 0.5) is 32.2 Å². The van der Waals surface area contributed by atoms with E-state index >= 15 is 0 Å². The Kier molecular flexibility index (Phi) is 4.42. The zero-order chi connectivity index (χ0) is 20.1. The maximum atomic E-state index is 12.7. The van der Waals surface area contributed by atoms with Crippen molar-refractivity contribution >= 4 is 5.82 Å². The summed E-state index contributed by atoms with van der Waals surface area (Å²) in [7, 11) is 0. The molecular weight excluding hydrogens is 390 g/mol. The topological polar surface area (TPSA) is 54.0 Å². The Morgan fingerprint density at radius 1 is 1.00 bits per heavy atom. The Morgan fingerprint density at radius 2 is 1.68 bits per heavy atom. The number of rotatable bonds is 3. The predicted molar refractivity (Wildman–Crippen MR) is 85.7 cm³/mol. The van der Waals surface area contributed by atoms with Crippen LogP contribution < -0.4 is 9.64 Å². The highest BCUT2D eigenvalue weighted by molar-refractivity contribution is 5.41. The third kappa shape index (κ3) is 3.61. The normalized spacial score (nSPS) is 25.2. The van der Waals surface area contributed by atoms with E-state index in [9.17, 15) is 26.3 Å². The number of hydrogen-bond acceptors (Lipinski definition) is 4. The van der Waals surface area contributed by atoms with Gasteiger partial charge in [-0.3, -0.25) is 5.10 Å². The van der Waals surface area contributed by atoms with Gasteiger partial charge < -0.3 is 9.64 Å². The second-order valence-corrected chi connectivity index (χ2v) is 7.11. The highest BCUT2D eigenvalue weighted by Gasteiger charge is 2.45. The van der Waals surface area contributed by atoms with Crippen molar-refractivity contribution in [1.29, 1.82) is 0 Å². The third-order valence-electron chi connectivity index (χ3n) is 5.26. The van der Waals surface area contributed by atoms with Gasteiger partial charge in [0, 0.05) is 37.2 Å². The zero-order valence-electron chi connectivity index (χ0n) is 14.4. The molecule has 1 unspecified atom stereocenters. The van der Waals surface area contributed by atoms with Crippen LogP contribution in [0.25, 0.3) is 0 Å². The number of nitrogens with one attached hydrogen (secondary N) is 1. The molecule has 2 bridgehead atoms. The lowest BCUT2D eigenvalue weighted by Gasteiger charge is -2.38. The van der Waals surface area contributed by atoms with Crippen LogP contribution >= 0.6 is 0 Å². The lowest BCUT2D eigenvalue weighted by Crippen LogP contribution is -2.47. The number of halogens is 6. The van der Waals surface area contributed by atoms with Gasteiger partial charge in [-0.1, -0.05) is 0 Å². The van der Waals surface area contributed by atoms with Crippen LogP contribution in [0.2, 0.25) is 0 Å². The molecule has 1 aliphatic heterocycles. The van der Waals surface area contributed by atoms with Crippen LogP contribution in [0.15, 0.2) is 24.4 Å². The SMILES string of the molecule is FC(F)(F)c1ccc(N2C[C@H]3CC[C@@H](C2)C3Oc2cc(C(F)(F)F)[nH]n2)nc1. The van der Waals surface area contributed by atoms with Crippen LogP contribution in [-0.4, -0.2) is 34.4 Å². The maximum Gasteiger partial charge on any atom is 0.432 e. The van der Waals surface area contributed by atoms with E-state index in [1.807, 2.05) is 10.00 Å². The molecule has 0 spiro atoms. The van der Waals surface area contributed by atoms with Gasteiger partial charge in [0.1, 0.15) is 17.6 Å². The zero-order valence-corrected chi connectivity index (χ0v) is 14.4. The second kappa shape index (κ2) is 6.56. The highest BCUT2D eigenvalue weighted by Crippen LogP contribution is 2.41. The van der Waals surface area contributed by atoms with E-state index in [-0.39, 0.29) is 23.8 Å². The number of alkyl halides is 6. The number of anilines is 1. The van der Waals surface area contributed by atoms with Crippen molar-refractivity contribution in [2.24, 2.45) is 11.8 Å². The first kappa shape index (κ1) is 18.9. The summed E-state index contributed by atoms with van der Waals surface area (Å²) in [6.45, 7) is 1.02. The van der Waals surface area contributed by atoms with E-state index in [0.717, 1.165) is 31.2 Å². The molecule has 2 aliphatic rings. The first-order valence-corrected chi connectivity index (χ1v) is 8.69. The van der Waals surface area contributed by atoms with Gasteiger partial charge in [-0.25, -0.2) is 4.98 Å². The molecule has 5 nitrogen and oxygen atoms in total. The largest absolute Gasteiger partial charge is 0.473 e. The number of pyridine rings is 1. The van der Waals surface area contributed by atoms with Gasteiger partial charge in [-0.2, -0.15) is 26.3 Å². The van der Waals surface area contributed by atoms with Crippen molar-refractivity contribution in [3.05, 3.63) is 35.7 Å². The van der Waals surface area contributed by atoms with Crippen LogP contribution in [-0.2, 0) is 12.4 Å². The van der Waals surface area contributed by atoms with Crippen LogP contribution in [0.3, 0.4) is 0 Å². The Morgan fingerprint density at radius 3 is 2.18 bits per heavy atom. The van der Waals surface area contributed by atoms with Crippen molar-refractivity contribution in [2.45, 2.75) is 31.3 Å². The van der Waals surface area contributed by atoms with Gasteiger partial charge in [0.25, 0.3) is 0 Å². The first-order chi connectivity index (χ1) is 13.1. The molecule has 2 aromatic rings. The Balaban J connectivity index is 1.44. The number of aromatic nitrogens is 3. The molecule has 1 N–H and O–H groups in total. The first-order valence-electron chi connectivity index (χ1n) is 8.69. The van der Waals surface area contributed by atoms with Crippen molar-refractivity contribution in [3.63, 3.8) is 0 Å². The van der Waals surface area contributed by atoms with Gasteiger partial charge >= 0.3 is 12.4 Å². The number of ether oxygens (including phenoxy) is 1. The summed E-state index contributed by atoms with van der Waals surface area (Å²) in [5.74, 6) is 0.417. The minimum atomic E-state index is -4.52. The van der Waals surface area contributed by atoms with Gasteiger partial charge in [0.05, 0.1) is 5.56 Å². The van der Waals surface area contributed by atoms with Crippen LogP contribution in [0.5, 0.6) is 5.88 Å². The highest BCUT2D eigenvalue weighted by atomic mass is 19.4. The predicted octanol–water partition coefficient (Wildman–Crippen LogP) is 4.14. The molecule has 11 heteroatoms. The Hall–Kier alpha value is -2.46. The molecule has 1 saturated heterocycles. The Labute approximate surface area is 155 Å². The number of hydrogen-bond donors (Lipinski definition) is 1. The summed E-state index contributed by atoms with van der Waals surface area (Å²) in [5.41, 5.74) is -1.78. The molecule has 152 valence electrons. The third-order valence-corrected chi connectivity index (χ3v) is 5.26. The smallest absolute Gasteiger partial charge is 0.432 e. The molecule has 4 rings (SSSR count). The molecule has 0 aromatic carbocycles. The molecule has 2 fully saturated rings. The van der Waals surface area contributed by atoms with Gasteiger partial charge in [0.15, 0.2) is 0 Å². The fraction of sp³-hybridized carbons (Fsp3) is 0.529. The maximum absolute atomic E-state index is 12.7. The van der Waals surface area contributed by atoms with Crippen LogP contribution in [0.1, 0.15) is 24.1 Å². The van der Waals surface area contributed by atoms with E-state index in [1.165, 1.54) is 6.07 Å². The molecule has 0 radical (unpaired) electrons. The summed E-state index contributed by atoms with van der Waals surface area (Å²) in [6, 6.07) is 3.17. The molecule has 2 aromatic heterocycles. The van der Waals surface area contributed by atoms with E-state index in [0.29, 0.717) is 18.9 Å². The second-order valence-electron chi connectivity index (χ2n) is 7.11. The number of fused-ring (bicyclic) bond motifs is 2. The van der Waals surface area contributed by atoms with E-state index < -0.39 is 23.6 Å². The Bertz CT molecular complexity index is 817. The molecule has 1 saturated carbocycles. The minimum Gasteiger partial charge on any atom is -0.473 e. The number of H-pyrrole nitrogens is 1. The van der Waals surface area contributed by atoms with Crippen molar-refractivity contribution < 1.29 is 31.1 Å². The summed E-state index contributed by atoms with van der Waals surface area (Å²) in [6.07, 6.45) is -6.79. The summed E-state index contributed by atoms with van der Waals surface area (Å²) >= 11 is 0. The number of aromatic amines is 1. The lowest BCUT2D eigenvalue weighted by atomic mass is 9.94. The minimum absolute atomic E-state index is 0.0360. The van der Waals surface area contributed by atoms with Crippen molar-refractivity contribution in [2.75, 3.05) is 18.0 Å². The van der Waals surface area contributed by atoms with Crippen molar-refractivity contribution in [1.82, 2.24) is 15.2 Å². The molecule has 1 aliphatic carbocycles. The summed E-state index contributed by atoms with van der Waals surface area (Å²) in [4.78, 5) is 5.82. The van der Waals surface area contributed by atoms with Gasteiger partial charge in [-0.15, -0.1) is 5.10 Å². The van der Waals surface area contributed by atoms with Gasteiger partial charge in [0.2, 0.25) is 5.88 Å². The van der Waals surface area contributed by atoms with E-state index in [1.54, 1.807) is 0 Å². The molecule has 3 heterocycles. The van der Waals surface area contributed by atoms with Crippen molar-refractivity contribution in [3.8, 4) is 5.88 Å². The fourth-order valence-electron chi connectivity index (χ4n) is 3.94. The van der Waals surface area contributed by atoms with E-state index in [2.05, 4.69) is 10.1 Å². The fourth-order valence-corrected chi connectivity index (χ4v) is 3.94. The average molecular weight is 406 g/mol. The number of nitrogens with zero attached hydrogens (tertiary/aromatic N) is 3. The average Bonchev–Trinajstić information content (AvgIpc) is 3.17. The molecule has 28 heavy (non-hydrogen) atoms. The molecule has 0 amide bonds. The molecule has 3 atom stereocenters. The van der Waals surface area contributed by atoms with Crippen LogP contribution in [0, 0.1) is 11.8 Å². The summed E-state index contributed by atoms with van der Waals surface area (Å²) < 4.78 is 81.8. The van der Waals surface area contributed by atoms with Gasteiger partial charge in [-0.05, 0) is 25.0 Å². The summed E-state index contributed by atoms with van der Waals surface area (Å²) in [5, 5.41) is 5.51. The monoisotopic (exact) mass is 406 g/mol. The molecular formula is C17H16F6N4O. The lowest BCUT2D eigenvalue weighted by molar-refractivity contribution is -0.141.